The fraction of sp³-hybridized carbons (Fsp3) is 0.167. The van der Waals surface area contributed by atoms with E-state index in [0.29, 0.717) is 11.0 Å². The number of nitrogens with zero attached hydrogens (tertiary/aromatic N) is 1. The fourth-order valence-electron chi connectivity index (χ4n) is 0.519. The van der Waals surface area contributed by atoms with Crippen molar-refractivity contribution in [2.24, 2.45) is 0 Å². The molecule has 4 heteroatoms. The Bertz CT molecular complexity index is 202. The van der Waals surface area contributed by atoms with Gasteiger partial charge in [0.15, 0.2) is 0 Å². The monoisotopic (exact) mass is 197 g/mol. The van der Waals surface area contributed by atoms with Crippen LogP contribution < -0.4 is 0 Å². The van der Waals surface area contributed by atoms with Crippen LogP contribution in [0.2, 0.25) is 5.15 Å². The van der Waals surface area contributed by atoms with Gasteiger partial charge in [0.1, 0.15) is 5.15 Å². The van der Waals surface area contributed by atoms with Crippen molar-refractivity contribution in [1.29, 1.82) is 0 Å². The molecule has 0 bridgehead atoms. The number of rotatable bonds is 1. The largest absolute Gasteiger partial charge is 0.244 e. The summed E-state index contributed by atoms with van der Waals surface area (Å²) in [4.78, 5) is 3.83. The summed E-state index contributed by atoms with van der Waals surface area (Å²) in [6.07, 6.45) is 1.64. The maximum absolute atomic E-state index is 5.63. The predicted octanol–water partition coefficient (Wildman–Crippen LogP) is 2.90. The summed E-state index contributed by atoms with van der Waals surface area (Å²) in [5, 5.41) is 0.493. The zero-order chi connectivity index (χ0) is 6.69. The van der Waals surface area contributed by atoms with Gasteiger partial charge in [-0.2, -0.15) is 0 Å². The van der Waals surface area contributed by atoms with Crippen molar-refractivity contribution in [3.63, 3.8) is 0 Å². The molecule has 0 spiro atoms. The summed E-state index contributed by atoms with van der Waals surface area (Å²) in [6, 6.07) is 3.66. The average molecular weight is 198 g/mol. The van der Waals surface area contributed by atoms with Crippen LogP contribution in [0.25, 0.3) is 0 Å². The molecule has 1 nitrogen and oxygen atoms in total. The smallest absolute Gasteiger partial charge is 0.133 e. The third kappa shape index (κ3) is 2.33. The first kappa shape index (κ1) is 10.0. The highest BCUT2D eigenvalue weighted by molar-refractivity contribution is 6.31. The second kappa shape index (κ2) is 4.78. The zero-order valence-corrected chi connectivity index (χ0v) is 7.38. The number of halogens is 3. The predicted molar refractivity (Wildman–Crippen MR) is 46.1 cm³/mol. The summed E-state index contributed by atoms with van der Waals surface area (Å²) in [5.74, 6) is 0.423. The lowest BCUT2D eigenvalue weighted by Crippen LogP contribution is -1.81. The molecule has 0 radical (unpaired) electrons. The first-order valence-corrected chi connectivity index (χ1v) is 3.41. The van der Waals surface area contributed by atoms with Crippen molar-refractivity contribution in [1.82, 2.24) is 4.98 Å². The number of pyridine rings is 1. The summed E-state index contributed by atoms with van der Waals surface area (Å²) >= 11 is 11.1. The molecule has 0 aliphatic rings. The molecule has 0 unspecified atom stereocenters. The Balaban J connectivity index is 0.000000810. The molecule has 0 aromatic carbocycles. The Morgan fingerprint density at radius 1 is 1.50 bits per heavy atom. The van der Waals surface area contributed by atoms with E-state index in [1.54, 1.807) is 6.20 Å². The summed E-state index contributed by atoms with van der Waals surface area (Å²) < 4.78 is 0. The Kier molecular flexibility index (Phi) is 4.79. The molecule has 0 aliphatic carbocycles. The lowest BCUT2D eigenvalue weighted by atomic mass is 10.3. The van der Waals surface area contributed by atoms with E-state index in [0.717, 1.165) is 5.56 Å². The lowest BCUT2D eigenvalue weighted by molar-refractivity contribution is 1.25. The minimum absolute atomic E-state index is 0. The van der Waals surface area contributed by atoms with E-state index in [9.17, 15) is 0 Å². The topological polar surface area (TPSA) is 12.9 Å². The molecular weight excluding hydrogens is 192 g/mol. The number of aromatic nitrogens is 1. The Morgan fingerprint density at radius 2 is 2.20 bits per heavy atom. The van der Waals surface area contributed by atoms with Gasteiger partial charge in [-0.3, -0.25) is 0 Å². The molecule has 0 fully saturated rings. The van der Waals surface area contributed by atoms with Gasteiger partial charge in [-0.15, -0.1) is 24.0 Å². The molecule has 1 aromatic rings. The Labute approximate surface area is 75.8 Å². The van der Waals surface area contributed by atoms with Crippen LogP contribution in [-0.2, 0) is 5.88 Å². The van der Waals surface area contributed by atoms with Gasteiger partial charge in [-0.05, 0) is 6.07 Å². The van der Waals surface area contributed by atoms with E-state index in [1.807, 2.05) is 12.1 Å². The summed E-state index contributed by atoms with van der Waals surface area (Å²) in [5.41, 5.74) is 0.876. The average Bonchev–Trinajstić information content (AvgIpc) is 1.89. The molecule has 1 rings (SSSR count). The fourth-order valence-corrected chi connectivity index (χ4v) is 0.989. The summed E-state index contributed by atoms with van der Waals surface area (Å²) in [7, 11) is 0. The van der Waals surface area contributed by atoms with E-state index in [2.05, 4.69) is 4.98 Å². The third-order valence-corrected chi connectivity index (χ3v) is 1.61. The van der Waals surface area contributed by atoms with Gasteiger partial charge >= 0.3 is 0 Å². The molecule has 0 amide bonds. The normalized spacial score (nSPS) is 8.60. The molecule has 56 valence electrons. The van der Waals surface area contributed by atoms with E-state index < -0.39 is 0 Å². The zero-order valence-electron chi connectivity index (χ0n) is 5.05. The Morgan fingerprint density at radius 3 is 2.60 bits per heavy atom. The van der Waals surface area contributed by atoms with Crippen LogP contribution in [0.5, 0.6) is 0 Å². The highest BCUT2D eigenvalue weighted by Crippen LogP contribution is 2.12. The van der Waals surface area contributed by atoms with Crippen LogP contribution in [0.1, 0.15) is 5.56 Å². The van der Waals surface area contributed by atoms with Gasteiger partial charge in [-0.25, -0.2) is 4.98 Å². The first-order chi connectivity index (χ1) is 4.34. The van der Waals surface area contributed by atoms with Gasteiger partial charge in [0.25, 0.3) is 0 Å². The van der Waals surface area contributed by atoms with Crippen molar-refractivity contribution < 1.29 is 0 Å². The van der Waals surface area contributed by atoms with Crippen LogP contribution in [0.4, 0.5) is 0 Å². The standard InChI is InChI=1S/C6H5Cl2N.ClH/c7-4-5-2-1-3-9-6(5)8;/h1-3H,4H2;1H. The third-order valence-electron chi connectivity index (χ3n) is 0.980. The van der Waals surface area contributed by atoms with Crippen LogP contribution in [0, 0.1) is 0 Å². The van der Waals surface area contributed by atoms with Crippen molar-refractivity contribution in [3.8, 4) is 0 Å². The minimum Gasteiger partial charge on any atom is -0.244 e. The molecule has 0 saturated heterocycles. The molecule has 1 heterocycles. The van der Waals surface area contributed by atoms with E-state index in [1.165, 1.54) is 0 Å². The molecule has 10 heavy (non-hydrogen) atoms. The van der Waals surface area contributed by atoms with Crippen LogP contribution in [0.3, 0.4) is 0 Å². The second-order valence-corrected chi connectivity index (χ2v) is 2.21. The molecule has 0 N–H and O–H groups in total. The SMILES string of the molecule is Cl.ClCc1cccnc1Cl. The van der Waals surface area contributed by atoms with Gasteiger partial charge in [0.05, 0.1) is 5.88 Å². The molecule has 0 aliphatic heterocycles. The van der Waals surface area contributed by atoms with Crippen LogP contribution >= 0.6 is 35.6 Å². The van der Waals surface area contributed by atoms with E-state index in [4.69, 9.17) is 23.2 Å². The molecular formula is C6H6Cl3N. The van der Waals surface area contributed by atoms with Crippen molar-refractivity contribution >= 4 is 35.6 Å². The van der Waals surface area contributed by atoms with E-state index in [-0.39, 0.29) is 12.4 Å². The maximum Gasteiger partial charge on any atom is 0.133 e. The minimum atomic E-state index is 0. The van der Waals surface area contributed by atoms with Crippen molar-refractivity contribution in [3.05, 3.63) is 29.0 Å². The van der Waals surface area contributed by atoms with Gasteiger partial charge in [0.2, 0.25) is 0 Å². The summed E-state index contributed by atoms with van der Waals surface area (Å²) in [6.45, 7) is 0. The number of hydrogen-bond acceptors (Lipinski definition) is 1. The van der Waals surface area contributed by atoms with Gasteiger partial charge in [-0.1, -0.05) is 17.7 Å². The van der Waals surface area contributed by atoms with E-state index >= 15 is 0 Å². The van der Waals surface area contributed by atoms with Crippen LogP contribution in [0.15, 0.2) is 18.3 Å². The van der Waals surface area contributed by atoms with Crippen molar-refractivity contribution in [2.75, 3.05) is 0 Å². The lowest BCUT2D eigenvalue weighted by Gasteiger charge is -1.93. The number of alkyl halides is 1. The first-order valence-electron chi connectivity index (χ1n) is 2.50. The second-order valence-electron chi connectivity index (χ2n) is 1.59. The van der Waals surface area contributed by atoms with Crippen LogP contribution in [-0.4, -0.2) is 4.98 Å². The quantitative estimate of drug-likeness (QED) is 0.499. The van der Waals surface area contributed by atoms with Gasteiger partial charge in [0, 0.05) is 11.8 Å². The highest BCUT2D eigenvalue weighted by atomic mass is 35.5. The molecule has 1 aromatic heterocycles. The Hall–Kier alpha value is 0.0200. The highest BCUT2D eigenvalue weighted by Gasteiger charge is 1.94. The van der Waals surface area contributed by atoms with Crippen molar-refractivity contribution in [2.45, 2.75) is 5.88 Å². The maximum atomic E-state index is 5.63. The molecule has 0 atom stereocenters. The molecule has 0 saturated carbocycles. The van der Waals surface area contributed by atoms with Gasteiger partial charge < -0.3 is 0 Å². The number of hydrogen-bond donors (Lipinski definition) is 0.